The van der Waals surface area contributed by atoms with Gasteiger partial charge in [-0.05, 0) is 44.6 Å². The van der Waals surface area contributed by atoms with Crippen LogP contribution in [-0.4, -0.2) is 45.3 Å². The Morgan fingerprint density at radius 3 is 2.70 bits per heavy atom. The van der Waals surface area contributed by atoms with Crippen LogP contribution in [0.3, 0.4) is 0 Å². The largest absolute Gasteiger partial charge is 0.493 e. The average molecular weight is 299 g/mol. The minimum absolute atomic E-state index is 0.586. The van der Waals surface area contributed by atoms with Gasteiger partial charge >= 0.3 is 0 Å². The van der Waals surface area contributed by atoms with Gasteiger partial charge in [0.1, 0.15) is 6.61 Å². The number of benzene rings is 1. The van der Waals surface area contributed by atoms with Crippen molar-refractivity contribution >= 4 is 11.6 Å². The highest BCUT2D eigenvalue weighted by atomic mass is 35.5. The highest BCUT2D eigenvalue weighted by Crippen LogP contribution is 2.36. The van der Waals surface area contributed by atoms with Crippen LogP contribution < -0.4 is 14.8 Å². The summed E-state index contributed by atoms with van der Waals surface area (Å²) in [4.78, 5) is 2.06. The third-order valence-electron chi connectivity index (χ3n) is 3.25. The molecule has 0 spiro atoms. The molecular formula is C15H23ClN2O2. The number of nitrogens with zero attached hydrogens (tertiary/aromatic N) is 1. The van der Waals surface area contributed by atoms with Crippen molar-refractivity contribution in [1.29, 1.82) is 0 Å². The summed E-state index contributed by atoms with van der Waals surface area (Å²) in [5.74, 6) is 1.33. The predicted octanol–water partition coefficient (Wildman–Crippen LogP) is 2.54. The number of likely N-dealkylation sites (N-methyl/N-ethyl adjacent to an activating group) is 1. The lowest BCUT2D eigenvalue weighted by atomic mass is 10.2. The lowest BCUT2D eigenvalue weighted by Gasteiger charge is -2.16. The van der Waals surface area contributed by atoms with Crippen LogP contribution in [0.25, 0.3) is 0 Å². The van der Waals surface area contributed by atoms with Gasteiger partial charge in [-0.15, -0.1) is 0 Å². The van der Waals surface area contributed by atoms with Crippen LogP contribution >= 0.6 is 11.6 Å². The van der Waals surface area contributed by atoms with E-state index in [0.717, 1.165) is 18.7 Å². The molecule has 1 aromatic rings. The zero-order valence-corrected chi connectivity index (χ0v) is 13.2. The maximum absolute atomic E-state index is 6.31. The van der Waals surface area contributed by atoms with Gasteiger partial charge in [0.2, 0.25) is 0 Å². The van der Waals surface area contributed by atoms with E-state index >= 15 is 0 Å². The Bertz CT molecular complexity index is 448. The van der Waals surface area contributed by atoms with Crippen molar-refractivity contribution in [1.82, 2.24) is 10.2 Å². The molecule has 0 unspecified atom stereocenters. The summed E-state index contributed by atoms with van der Waals surface area (Å²) < 4.78 is 11.1. The number of hydrogen-bond donors (Lipinski definition) is 1. The molecule has 0 radical (unpaired) electrons. The molecule has 1 aliphatic carbocycles. The van der Waals surface area contributed by atoms with Crippen molar-refractivity contribution in [3.63, 3.8) is 0 Å². The second-order valence-electron chi connectivity index (χ2n) is 5.42. The van der Waals surface area contributed by atoms with E-state index in [1.54, 1.807) is 7.11 Å². The van der Waals surface area contributed by atoms with Gasteiger partial charge in [0.25, 0.3) is 0 Å². The van der Waals surface area contributed by atoms with Crippen LogP contribution in [0.4, 0.5) is 0 Å². The maximum atomic E-state index is 6.31. The molecule has 5 heteroatoms. The number of methoxy groups -OCH3 is 1. The molecule has 112 valence electrons. The topological polar surface area (TPSA) is 33.7 Å². The first-order valence-electron chi connectivity index (χ1n) is 6.97. The summed E-state index contributed by atoms with van der Waals surface area (Å²) in [5, 5.41) is 4.07. The van der Waals surface area contributed by atoms with E-state index in [4.69, 9.17) is 21.1 Å². The van der Waals surface area contributed by atoms with Crippen molar-refractivity contribution in [2.75, 3.05) is 34.4 Å². The Labute approximate surface area is 126 Å². The summed E-state index contributed by atoms with van der Waals surface area (Å²) in [6.45, 7) is 2.24. The van der Waals surface area contributed by atoms with E-state index in [1.165, 1.54) is 12.8 Å². The van der Waals surface area contributed by atoms with E-state index in [2.05, 4.69) is 10.2 Å². The second-order valence-corrected chi connectivity index (χ2v) is 5.82. The summed E-state index contributed by atoms with van der Waals surface area (Å²) in [5.41, 5.74) is 1.12. The van der Waals surface area contributed by atoms with Gasteiger partial charge in [-0.2, -0.15) is 0 Å². The molecule has 0 heterocycles. The predicted molar refractivity (Wildman–Crippen MR) is 81.9 cm³/mol. The van der Waals surface area contributed by atoms with Crippen molar-refractivity contribution in [3.05, 3.63) is 22.7 Å². The minimum Gasteiger partial charge on any atom is -0.493 e. The number of ether oxygens (including phenoxy) is 2. The number of rotatable bonds is 8. The fourth-order valence-corrected chi connectivity index (χ4v) is 2.18. The van der Waals surface area contributed by atoms with E-state index in [1.807, 2.05) is 26.2 Å². The Morgan fingerprint density at radius 2 is 2.10 bits per heavy atom. The molecule has 20 heavy (non-hydrogen) atoms. The van der Waals surface area contributed by atoms with Gasteiger partial charge in [-0.25, -0.2) is 0 Å². The first-order chi connectivity index (χ1) is 9.60. The van der Waals surface area contributed by atoms with E-state index in [-0.39, 0.29) is 0 Å². The molecule has 1 fully saturated rings. The van der Waals surface area contributed by atoms with E-state index < -0.39 is 0 Å². The Hall–Kier alpha value is -0.970. The average Bonchev–Trinajstić information content (AvgIpc) is 3.22. The molecule has 0 atom stereocenters. The minimum atomic E-state index is 0.586. The van der Waals surface area contributed by atoms with E-state index in [0.29, 0.717) is 29.2 Å². The van der Waals surface area contributed by atoms with Crippen LogP contribution in [0.5, 0.6) is 11.5 Å². The van der Waals surface area contributed by atoms with Crippen molar-refractivity contribution < 1.29 is 9.47 Å². The molecule has 0 saturated heterocycles. The normalized spacial score (nSPS) is 14.7. The van der Waals surface area contributed by atoms with Crippen LogP contribution in [0.15, 0.2) is 12.1 Å². The third kappa shape index (κ3) is 4.54. The highest BCUT2D eigenvalue weighted by molar-refractivity contribution is 6.32. The second kappa shape index (κ2) is 7.16. The van der Waals surface area contributed by atoms with Crippen LogP contribution in [0.2, 0.25) is 5.02 Å². The lowest BCUT2D eigenvalue weighted by Crippen LogP contribution is -2.20. The van der Waals surface area contributed by atoms with Gasteiger partial charge in [-0.1, -0.05) is 11.6 Å². The molecule has 1 N–H and O–H groups in total. The Kier molecular flexibility index (Phi) is 5.52. The van der Waals surface area contributed by atoms with Gasteiger partial charge in [0.15, 0.2) is 11.5 Å². The highest BCUT2D eigenvalue weighted by Gasteiger charge is 2.20. The summed E-state index contributed by atoms with van der Waals surface area (Å²) >= 11 is 6.31. The smallest absolute Gasteiger partial charge is 0.179 e. The first-order valence-corrected chi connectivity index (χ1v) is 7.35. The molecule has 4 nitrogen and oxygen atoms in total. The third-order valence-corrected chi connectivity index (χ3v) is 3.53. The summed E-state index contributed by atoms with van der Waals surface area (Å²) in [6, 6.07) is 4.62. The molecule has 0 aliphatic heterocycles. The molecule has 1 aliphatic rings. The van der Waals surface area contributed by atoms with Gasteiger partial charge < -0.3 is 19.7 Å². The maximum Gasteiger partial charge on any atom is 0.179 e. The fourth-order valence-electron chi connectivity index (χ4n) is 1.90. The fraction of sp³-hybridized carbons (Fsp3) is 0.600. The standard InChI is InChI=1S/C15H23ClN2O2/c1-18(2)6-7-20-15-13(16)8-11(9-14(15)19-3)10-17-12-4-5-12/h8-9,12,17H,4-7,10H2,1-3H3. The molecular weight excluding hydrogens is 276 g/mol. The molecule has 1 aromatic carbocycles. The summed E-state index contributed by atoms with van der Waals surface area (Å²) in [7, 11) is 5.66. The summed E-state index contributed by atoms with van der Waals surface area (Å²) in [6.07, 6.45) is 2.55. The van der Waals surface area contributed by atoms with E-state index in [9.17, 15) is 0 Å². The quantitative estimate of drug-likeness (QED) is 0.800. The number of nitrogens with one attached hydrogen (secondary N) is 1. The van der Waals surface area contributed by atoms with Crippen molar-refractivity contribution in [3.8, 4) is 11.5 Å². The van der Waals surface area contributed by atoms with Gasteiger partial charge in [0.05, 0.1) is 12.1 Å². The lowest BCUT2D eigenvalue weighted by molar-refractivity contribution is 0.250. The Morgan fingerprint density at radius 1 is 1.35 bits per heavy atom. The molecule has 0 amide bonds. The molecule has 1 saturated carbocycles. The van der Waals surface area contributed by atoms with Crippen LogP contribution in [0.1, 0.15) is 18.4 Å². The molecule has 0 aromatic heterocycles. The molecule has 0 bridgehead atoms. The Balaban J connectivity index is 2.01. The van der Waals surface area contributed by atoms with Gasteiger partial charge in [0, 0.05) is 19.1 Å². The number of halogens is 1. The number of hydrogen-bond acceptors (Lipinski definition) is 4. The monoisotopic (exact) mass is 298 g/mol. The van der Waals surface area contributed by atoms with Crippen molar-refractivity contribution in [2.24, 2.45) is 0 Å². The molecule has 2 rings (SSSR count). The zero-order chi connectivity index (χ0) is 14.5. The van der Waals surface area contributed by atoms with Crippen LogP contribution in [-0.2, 0) is 6.54 Å². The zero-order valence-electron chi connectivity index (χ0n) is 12.4. The van der Waals surface area contributed by atoms with Crippen molar-refractivity contribution in [2.45, 2.75) is 25.4 Å². The van der Waals surface area contributed by atoms with Crippen LogP contribution in [0, 0.1) is 0 Å². The first kappa shape index (κ1) is 15.4. The SMILES string of the molecule is COc1cc(CNC2CC2)cc(Cl)c1OCCN(C)C. The van der Waals surface area contributed by atoms with Gasteiger partial charge in [-0.3, -0.25) is 0 Å².